The Hall–Kier alpha value is -2.38. The number of carbonyl (C=O) groups is 2. The van der Waals surface area contributed by atoms with Gasteiger partial charge in [0.25, 0.3) is 0 Å². The predicted molar refractivity (Wildman–Crippen MR) is 74.2 cm³/mol. The van der Waals surface area contributed by atoms with Crippen LogP contribution in [0.15, 0.2) is 12.4 Å². The van der Waals surface area contributed by atoms with Gasteiger partial charge in [-0.15, -0.1) is 0 Å². The summed E-state index contributed by atoms with van der Waals surface area (Å²) in [7, 11) is 1.30. The summed E-state index contributed by atoms with van der Waals surface area (Å²) in [5.74, 6) is 0.0796. The molecule has 0 radical (unpaired) electrons. The van der Waals surface area contributed by atoms with Crippen LogP contribution in [0, 0.1) is 0 Å². The Balaban J connectivity index is 1.99. The van der Waals surface area contributed by atoms with Crippen molar-refractivity contribution in [1.29, 1.82) is 0 Å². The molecule has 8 nitrogen and oxygen atoms in total. The average Bonchev–Trinajstić information content (AvgIpc) is 2.54. The Kier molecular flexibility index (Phi) is 4.91. The molecule has 0 spiro atoms. The molecule has 1 fully saturated rings. The van der Waals surface area contributed by atoms with Gasteiger partial charge in [0.2, 0.25) is 0 Å². The summed E-state index contributed by atoms with van der Waals surface area (Å²) in [6.45, 7) is 4.45. The second-order valence-electron chi connectivity index (χ2n) is 4.43. The van der Waals surface area contributed by atoms with E-state index in [1.807, 2.05) is 4.90 Å². The monoisotopic (exact) mass is 294 g/mol. The quantitative estimate of drug-likeness (QED) is 0.752. The van der Waals surface area contributed by atoms with Crippen molar-refractivity contribution in [3.63, 3.8) is 0 Å². The van der Waals surface area contributed by atoms with Gasteiger partial charge in [-0.2, -0.15) is 0 Å². The van der Waals surface area contributed by atoms with E-state index in [4.69, 9.17) is 4.74 Å². The number of anilines is 1. The highest BCUT2D eigenvalue weighted by Gasteiger charge is 2.23. The normalized spacial score (nSPS) is 14.8. The summed E-state index contributed by atoms with van der Waals surface area (Å²) in [6, 6.07) is 0. The summed E-state index contributed by atoms with van der Waals surface area (Å²) >= 11 is 0. The first-order valence-corrected chi connectivity index (χ1v) is 6.72. The van der Waals surface area contributed by atoms with Crippen LogP contribution in [0.1, 0.15) is 17.4 Å². The Morgan fingerprint density at radius 3 is 2.57 bits per heavy atom. The van der Waals surface area contributed by atoms with Crippen molar-refractivity contribution in [3.05, 3.63) is 18.1 Å². The van der Waals surface area contributed by atoms with Crippen LogP contribution in [-0.2, 0) is 9.47 Å². The fraction of sp³-hybridized carbons (Fsp3) is 0.538. The molecule has 21 heavy (non-hydrogen) atoms. The SMILES string of the molecule is CCOC(=O)N1CCN(c2cncc(C(=O)OC)n2)CC1. The van der Waals surface area contributed by atoms with Crippen molar-refractivity contribution in [3.8, 4) is 0 Å². The van der Waals surface area contributed by atoms with Crippen LogP contribution in [0.25, 0.3) is 0 Å². The second kappa shape index (κ2) is 6.87. The van der Waals surface area contributed by atoms with Crippen molar-refractivity contribution in [2.75, 3.05) is 44.8 Å². The molecule has 2 rings (SSSR count). The van der Waals surface area contributed by atoms with Crippen molar-refractivity contribution in [1.82, 2.24) is 14.9 Å². The predicted octanol–water partition coefficient (Wildman–Crippen LogP) is 0.542. The second-order valence-corrected chi connectivity index (χ2v) is 4.43. The van der Waals surface area contributed by atoms with Gasteiger partial charge in [0, 0.05) is 26.2 Å². The Bertz CT molecular complexity index is 515. The molecule has 0 atom stereocenters. The molecule has 8 heteroatoms. The van der Waals surface area contributed by atoms with Gasteiger partial charge in [0.05, 0.1) is 26.1 Å². The summed E-state index contributed by atoms with van der Waals surface area (Å²) in [6.07, 6.45) is 2.66. The number of amides is 1. The topological polar surface area (TPSA) is 84.9 Å². The molecular formula is C13H18N4O4. The average molecular weight is 294 g/mol. The van der Waals surface area contributed by atoms with Crippen LogP contribution in [0.3, 0.4) is 0 Å². The van der Waals surface area contributed by atoms with Gasteiger partial charge < -0.3 is 19.3 Å². The molecule has 114 valence electrons. The van der Waals surface area contributed by atoms with Crippen molar-refractivity contribution in [2.45, 2.75) is 6.92 Å². The number of rotatable bonds is 3. The summed E-state index contributed by atoms with van der Waals surface area (Å²) in [4.78, 5) is 34.9. The van der Waals surface area contributed by atoms with E-state index in [1.165, 1.54) is 13.3 Å². The van der Waals surface area contributed by atoms with E-state index < -0.39 is 5.97 Å². The minimum atomic E-state index is -0.519. The van der Waals surface area contributed by atoms with Gasteiger partial charge in [0.15, 0.2) is 5.69 Å². The molecule has 1 aliphatic rings. The fourth-order valence-corrected chi connectivity index (χ4v) is 2.04. The van der Waals surface area contributed by atoms with Gasteiger partial charge >= 0.3 is 12.1 Å². The molecule has 1 aromatic rings. The first-order valence-electron chi connectivity index (χ1n) is 6.72. The minimum Gasteiger partial charge on any atom is -0.464 e. The third-order valence-electron chi connectivity index (χ3n) is 3.15. The number of methoxy groups -OCH3 is 1. The Morgan fingerprint density at radius 1 is 1.24 bits per heavy atom. The van der Waals surface area contributed by atoms with E-state index in [0.29, 0.717) is 38.6 Å². The van der Waals surface area contributed by atoms with Crippen LogP contribution >= 0.6 is 0 Å². The van der Waals surface area contributed by atoms with Gasteiger partial charge in [0.1, 0.15) is 5.82 Å². The molecule has 1 aliphatic heterocycles. The maximum atomic E-state index is 11.6. The van der Waals surface area contributed by atoms with Crippen LogP contribution in [-0.4, -0.2) is 66.8 Å². The molecule has 0 N–H and O–H groups in total. The molecule has 0 bridgehead atoms. The summed E-state index contributed by atoms with van der Waals surface area (Å²) in [5, 5.41) is 0. The molecule has 1 aromatic heterocycles. The molecular weight excluding hydrogens is 276 g/mol. The lowest BCUT2D eigenvalue weighted by molar-refractivity contribution is 0.0593. The van der Waals surface area contributed by atoms with Gasteiger partial charge in [-0.05, 0) is 6.92 Å². The lowest BCUT2D eigenvalue weighted by Crippen LogP contribution is -2.49. The smallest absolute Gasteiger partial charge is 0.409 e. The first-order chi connectivity index (χ1) is 10.2. The molecule has 0 aliphatic carbocycles. The van der Waals surface area contributed by atoms with Gasteiger partial charge in [-0.1, -0.05) is 0 Å². The summed E-state index contributed by atoms with van der Waals surface area (Å²) in [5.41, 5.74) is 0.169. The lowest BCUT2D eigenvalue weighted by atomic mass is 10.3. The van der Waals surface area contributed by atoms with Crippen molar-refractivity contribution < 1.29 is 19.1 Å². The summed E-state index contributed by atoms with van der Waals surface area (Å²) < 4.78 is 9.59. The van der Waals surface area contributed by atoms with E-state index >= 15 is 0 Å². The number of hydrogen-bond donors (Lipinski definition) is 0. The van der Waals surface area contributed by atoms with E-state index in [2.05, 4.69) is 14.7 Å². The third-order valence-corrected chi connectivity index (χ3v) is 3.15. The molecule has 2 heterocycles. The van der Waals surface area contributed by atoms with Gasteiger partial charge in [-0.3, -0.25) is 4.98 Å². The lowest BCUT2D eigenvalue weighted by Gasteiger charge is -2.34. The van der Waals surface area contributed by atoms with Crippen LogP contribution in [0.2, 0.25) is 0 Å². The van der Waals surface area contributed by atoms with Crippen LogP contribution < -0.4 is 4.90 Å². The minimum absolute atomic E-state index is 0.169. The van der Waals surface area contributed by atoms with E-state index in [1.54, 1.807) is 18.0 Å². The molecule has 0 aromatic carbocycles. The number of ether oxygens (including phenoxy) is 2. The molecule has 0 unspecified atom stereocenters. The van der Waals surface area contributed by atoms with E-state index in [9.17, 15) is 9.59 Å². The van der Waals surface area contributed by atoms with Gasteiger partial charge in [-0.25, -0.2) is 14.6 Å². The number of hydrogen-bond acceptors (Lipinski definition) is 7. The fourth-order valence-electron chi connectivity index (χ4n) is 2.04. The molecule has 1 amide bonds. The highest BCUT2D eigenvalue weighted by Crippen LogP contribution is 2.13. The zero-order valence-electron chi connectivity index (χ0n) is 12.1. The van der Waals surface area contributed by atoms with Crippen LogP contribution in [0.4, 0.5) is 10.6 Å². The third kappa shape index (κ3) is 3.59. The molecule has 0 saturated carbocycles. The Labute approximate surface area is 122 Å². The zero-order valence-corrected chi connectivity index (χ0v) is 12.1. The van der Waals surface area contributed by atoms with Crippen molar-refractivity contribution >= 4 is 17.9 Å². The number of piperazine rings is 1. The number of nitrogens with zero attached hydrogens (tertiary/aromatic N) is 4. The zero-order chi connectivity index (χ0) is 15.2. The van der Waals surface area contributed by atoms with Crippen molar-refractivity contribution in [2.24, 2.45) is 0 Å². The highest BCUT2D eigenvalue weighted by molar-refractivity contribution is 5.87. The maximum absolute atomic E-state index is 11.6. The maximum Gasteiger partial charge on any atom is 0.409 e. The number of esters is 1. The molecule has 1 saturated heterocycles. The standard InChI is InChI=1S/C13H18N4O4/c1-3-21-13(19)17-6-4-16(5-7-17)11-9-14-8-10(15-11)12(18)20-2/h8-9H,3-7H2,1-2H3. The number of aromatic nitrogens is 2. The van der Waals surface area contributed by atoms with Crippen LogP contribution in [0.5, 0.6) is 0 Å². The Morgan fingerprint density at radius 2 is 1.95 bits per heavy atom. The first kappa shape index (κ1) is 15.0. The number of carbonyl (C=O) groups excluding carboxylic acids is 2. The van der Waals surface area contributed by atoms with E-state index in [-0.39, 0.29) is 11.8 Å². The largest absolute Gasteiger partial charge is 0.464 e. The van der Waals surface area contributed by atoms with E-state index in [0.717, 1.165) is 0 Å². The highest BCUT2D eigenvalue weighted by atomic mass is 16.6.